The Morgan fingerprint density at radius 2 is 1.76 bits per heavy atom. The maximum atomic E-state index is 13.2. The molecule has 196 valence electrons. The molecule has 4 aromatic rings. The number of hydrogen-bond donors (Lipinski definition) is 3. The number of ether oxygens (including phenoxy) is 1. The molecule has 0 aliphatic rings. The Hall–Kier alpha value is -3.70. The van der Waals surface area contributed by atoms with E-state index in [9.17, 15) is 22.9 Å². The van der Waals surface area contributed by atoms with Gasteiger partial charge < -0.3 is 15.2 Å². The van der Waals surface area contributed by atoms with Gasteiger partial charge in [0.2, 0.25) is 0 Å². The number of amides is 1. The number of phenolic OH excluding ortho intramolecular Hbond substituents is 1. The SMILES string of the molecule is CCc1cc(S(=O)(=O)O)c(N=Nc2c(O)c(C(=O)Nc3cc(OC)ccc3Cl)cc3ccccc23)cc1Cl. The third kappa shape index (κ3) is 5.58. The normalized spacial score (nSPS) is 11.7. The smallest absolute Gasteiger partial charge is 0.296 e. The molecule has 0 bridgehead atoms. The van der Waals surface area contributed by atoms with Crippen LogP contribution in [0.5, 0.6) is 11.5 Å². The van der Waals surface area contributed by atoms with Crippen molar-refractivity contribution in [1.29, 1.82) is 0 Å². The van der Waals surface area contributed by atoms with Gasteiger partial charge in [0.1, 0.15) is 22.0 Å². The number of halogens is 2. The Balaban J connectivity index is 1.84. The summed E-state index contributed by atoms with van der Waals surface area (Å²) in [5.41, 5.74) is 0.278. The zero-order valence-electron chi connectivity index (χ0n) is 20.1. The Bertz CT molecular complexity index is 1710. The van der Waals surface area contributed by atoms with Crippen molar-refractivity contribution in [3.05, 3.63) is 81.8 Å². The number of phenols is 1. The van der Waals surface area contributed by atoms with Crippen molar-refractivity contribution in [2.45, 2.75) is 18.2 Å². The molecule has 0 heterocycles. The fourth-order valence-electron chi connectivity index (χ4n) is 3.75. The van der Waals surface area contributed by atoms with Crippen molar-refractivity contribution in [2.24, 2.45) is 10.2 Å². The second-order valence-corrected chi connectivity index (χ2v) is 10.3. The van der Waals surface area contributed by atoms with Gasteiger partial charge in [-0.1, -0.05) is 54.4 Å². The number of hydrogen-bond acceptors (Lipinski definition) is 7. The lowest BCUT2D eigenvalue weighted by molar-refractivity contribution is 0.102. The molecule has 0 aliphatic heterocycles. The van der Waals surface area contributed by atoms with Gasteiger partial charge in [-0.3, -0.25) is 9.35 Å². The van der Waals surface area contributed by atoms with E-state index >= 15 is 0 Å². The zero-order chi connectivity index (χ0) is 27.6. The first-order chi connectivity index (χ1) is 18.0. The average molecular weight is 574 g/mol. The second-order valence-electron chi connectivity index (χ2n) is 8.08. The quantitative estimate of drug-likeness (QED) is 0.156. The molecule has 0 saturated carbocycles. The first-order valence-corrected chi connectivity index (χ1v) is 13.3. The molecule has 0 unspecified atom stereocenters. The van der Waals surface area contributed by atoms with Crippen molar-refractivity contribution in [1.82, 2.24) is 0 Å². The molecule has 0 radical (unpaired) electrons. The molecule has 4 rings (SSSR count). The number of nitrogens with one attached hydrogen (secondary N) is 1. The Labute approximate surface area is 228 Å². The number of benzene rings is 4. The Morgan fingerprint density at radius 1 is 1.03 bits per heavy atom. The number of anilines is 1. The lowest BCUT2D eigenvalue weighted by Gasteiger charge is -2.13. The van der Waals surface area contributed by atoms with Crippen LogP contribution in [0.15, 0.2) is 75.8 Å². The maximum Gasteiger partial charge on any atom is 0.296 e. The number of azo groups is 1. The summed E-state index contributed by atoms with van der Waals surface area (Å²) in [5, 5.41) is 23.3. The first-order valence-electron chi connectivity index (χ1n) is 11.1. The fourth-order valence-corrected chi connectivity index (χ4v) is 4.86. The minimum atomic E-state index is -4.67. The van der Waals surface area contributed by atoms with Gasteiger partial charge in [0, 0.05) is 16.5 Å². The van der Waals surface area contributed by atoms with E-state index in [1.807, 2.05) is 0 Å². The molecule has 0 aliphatic carbocycles. The highest BCUT2D eigenvalue weighted by atomic mass is 35.5. The molecular weight excluding hydrogens is 553 g/mol. The summed E-state index contributed by atoms with van der Waals surface area (Å²) in [7, 11) is -3.20. The Kier molecular flexibility index (Phi) is 7.89. The standard InChI is InChI=1S/C26H21Cl2N3O6S/c1-3-14-11-23(38(34,35)36)22(13-20(14)28)30-31-24-17-7-5-4-6-15(17)10-18(25(24)32)26(33)29-21-12-16(37-2)8-9-19(21)27/h4-13,32H,3H2,1-2H3,(H,29,33)(H,34,35,36). The number of carbonyl (C=O) groups is 1. The highest BCUT2D eigenvalue weighted by molar-refractivity contribution is 7.86. The van der Waals surface area contributed by atoms with Crippen molar-refractivity contribution in [2.75, 3.05) is 12.4 Å². The topological polar surface area (TPSA) is 138 Å². The number of nitrogens with zero attached hydrogens (tertiary/aromatic N) is 2. The van der Waals surface area contributed by atoms with Gasteiger partial charge in [0.25, 0.3) is 16.0 Å². The third-order valence-electron chi connectivity index (χ3n) is 5.71. The van der Waals surface area contributed by atoms with E-state index in [2.05, 4.69) is 15.5 Å². The van der Waals surface area contributed by atoms with Gasteiger partial charge in [-0.25, -0.2) is 0 Å². The van der Waals surface area contributed by atoms with E-state index in [4.69, 9.17) is 27.9 Å². The number of methoxy groups -OCH3 is 1. The van der Waals surface area contributed by atoms with Crippen LogP contribution in [0.1, 0.15) is 22.8 Å². The van der Waals surface area contributed by atoms with Crippen molar-refractivity contribution < 1.29 is 27.6 Å². The highest BCUT2D eigenvalue weighted by Crippen LogP contribution is 2.41. The third-order valence-corrected chi connectivity index (χ3v) is 7.27. The van der Waals surface area contributed by atoms with Gasteiger partial charge in [0.05, 0.1) is 23.4 Å². The van der Waals surface area contributed by atoms with Crippen molar-refractivity contribution in [3.8, 4) is 11.5 Å². The van der Waals surface area contributed by atoms with Gasteiger partial charge >= 0.3 is 0 Å². The van der Waals surface area contributed by atoms with E-state index < -0.39 is 26.7 Å². The van der Waals surface area contributed by atoms with E-state index in [0.717, 1.165) is 0 Å². The number of carbonyl (C=O) groups excluding carboxylic acids is 1. The number of aryl methyl sites for hydroxylation is 1. The lowest BCUT2D eigenvalue weighted by Crippen LogP contribution is -2.12. The first kappa shape index (κ1) is 27.3. The minimum absolute atomic E-state index is 0.0954. The van der Waals surface area contributed by atoms with Gasteiger partial charge in [0.15, 0.2) is 5.75 Å². The largest absolute Gasteiger partial charge is 0.505 e. The van der Waals surface area contributed by atoms with Crippen LogP contribution in [0.2, 0.25) is 10.0 Å². The van der Waals surface area contributed by atoms with Gasteiger partial charge in [-0.05, 0) is 47.7 Å². The number of fused-ring (bicyclic) bond motifs is 1. The van der Waals surface area contributed by atoms with Crippen LogP contribution in [-0.4, -0.2) is 31.1 Å². The van der Waals surface area contributed by atoms with Crippen LogP contribution < -0.4 is 10.1 Å². The van der Waals surface area contributed by atoms with Crippen molar-refractivity contribution >= 4 is 67.1 Å². The fraction of sp³-hybridized carbons (Fsp3) is 0.115. The van der Waals surface area contributed by atoms with Crippen molar-refractivity contribution in [3.63, 3.8) is 0 Å². The second kappa shape index (κ2) is 11.0. The molecule has 0 spiro atoms. The summed E-state index contributed by atoms with van der Waals surface area (Å²) in [6.07, 6.45) is 0.415. The summed E-state index contributed by atoms with van der Waals surface area (Å²) in [5.74, 6) is -0.730. The van der Waals surface area contributed by atoms with Crippen LogP contribution in [0.25, 0.3) is 10.8 Å². The van der Waals surface area contributed by atoms with Crippen LogP contribution in [-0.2, 0) is 16.5 Å². The molecular formula is C26H21Cl2N3O6S. The summed E-state index contributed by atoms with van der Waals surface area (Å²) in [4.78, 5) is 12.7. The summed E-state index contributed by atoms with van der Waals surface area (Å²) in [6.45, 7) is 1.77. The lowest BCUT2D eigenvalue weighted by atomic mass is 10.0. The highest BCUT2D eigenvalue weighted by Gasteiger charge is 2.21. The summed E-state index contributed by atoms with van der Waals surface area (Å²) in [6, 6.07) is 15.5. The molecule has 38 heavy (non-hydrogen) atoms. The van der Waals surface area contributed by atoms with Crippen LogP contribution in [0, 0.1) is 0 Å². The molecule has 9 nitrogen and oxygen atoms in total. The summed E-state index contributed by atoms with van der Waals surface area (Å²) >= 11 is 12.4. The number of aromatic hydroxyl groups is 1. The van der Waals surface area contributed by atoms with E-state index in [0.29, 0.717) is 28.5 Å². The van der Waals surface area contributed by atoms with Gasteiger partial charge in [-0.2, -0.15) is 8.42 Å². The summed E-state index contributed by atoms with van der Waals surface area (Å²) < 4.78 is 38.9. The van der Waals surface area contributed by atoms with E-state index in [1.54, 1.807) is 43.3 Å². The maximum absolute atomic E-state index is 13.2. The van der Waals surface area contributed by atoms with E-state index in [1.165, 1.54) is 31.4 Å². The van der Waals surface area contributed by atoms with Crippen LogP contribution >= 0.6 is 23.2 Å². The molecule has 0 aromatic heterocycles. The molecule has 4 aromatic carbocycles. The Morgan fingerprint density at radius 3 is 2.45 bits per heavy atom. The van der Waals surface area contributed by atoms with Crippen LogP contribution in [0.4, 0.5) is 17.1 Å². The molecule has 0 saturated heterocycles. The molecule has 0 fully saturated rings. The molecule has 12 heteroatoms. The molecule has 3 N–H and O–H groups in total. The van der Waals surface area contributed by atoms with Crippen LogP contribution in [0.3, 0.4) is 0 Å². The number of rotatable bonds is 7. The minimum Gasteiger partial charge on any atom is -0.505 e. The zero-order valence-corrected chi connectivity index (χ0v) is 22.4. The monoisotopic (exact) mass is 573 g/mol. The predicted molar refractivity (Wildman–Crippen MR) is 146 cm³/mol. The predicted octanol–water partition coefficient (Wildman–Crippen LogP) is 7.34. The van der Waals surface area contributed by atoms with Gasteiger partial charge in [-0.15, -0.1) is 10.2 Å². The molecule has 1 amide bonds. The average Bonchev–Trinajstić information content (AvgIpc) is 2.88. The van der Waals surface area contributed by atoms with E-state index in [-0.39, 0.29) is 32.7 Å². The molecule has 0 atom stereocenters.